The van der Waals surface area contributed by atoms with Gasteiger partial charge in [0.2, 0.25) is 0 Å². The van der Waals surface area contributed by atoms with Crippen LogP contribution in [0.3, 0.4) is 0 Å². The Morgan fingerprint density at radius 1 is 0.810 bits per heavy atom. The lowest BCUT2D eigenvalue weighted by molar-refractivity contribution is 0.103. The zero-order chi connectivity index (χ0) is 15.0. The summed E-state index contributed by atoms with van der Waals surface area (Å²) in [6, 6.07) is 19.3. The Balaban J connectivity index is 1.92. The second-order valence-electron chi connectivity index (χ2n) is 5.23. The summed E-state index contributed by atoms with van der Waals surface area (Å²) in [5.74, 6) is 0.843. The molecule has 0 spiro atoms. The monoisotopic (exact) mass is 286 g/mol. The normalized spacial score (nSPS) is 11.3. The van der Waals surface area contributed by atoms with E-state index in [0.29, 0.717) is 13.0 Å². The predicted octanol–water partition coefficient (Wildman–Crippen LogP) is 2.77. The molecule has 2 N–H and O–H groups in total. The van der Waals surface area contributed by atoms with Crippen LogP contribution < -0.4 is 4.74 Å². The average Bonchev–Trinajstić information content (AvgIpc) is 2.57. The lowest BCUT2D eigenvalue weighted by atomic mass is 9.78. The minimum atomic E-state index is -0.596. The smallest absolute Gasteiger partial charge is 0.119 e. The summed E-state index contributed by atoms with van der Waals surface area (Å²) in [5.41, 5.74) is 0.371. The molecule has 0 unspecified atom stereocenters. The molecule has 0 saturated heterocycles. The van der Waals surface area contributed by atoms with Gasteiger partial charge in [-0.05, 0) is 30.5 Å². The largest absolute Gasteiger partial charge is 0.494 e. The van der Waals surface area contributed by atoms with E-state index in [4.69, 9.17) is 4.74 Å². The molecule has 0 bridgehead atoms. The Hall–Kier alpha value is -1.84. The van der Waals surface area contributed by atoms with Crippen molar-refractivity contribution in [3.63, 3.8) is 0 Å². The van der Waals surface area contributed by atoms with Crippen molar-refractivity contribution < 1.29 is 14.9 Å². The van der Waals surface area contributed by atoms with Crippen LogP contribution in [0.4, 0.5) is 0 Å². The zero-order valence-corrected chi connectivity index (χ0v) is 12.1. The minimum absolute atomic E-state index is 0.0706. The molecule has 2 aromatic rings. The van der Waals surface area contributed by atoms with Crippen LogP contribution in [0, 0.1) is 0 Å². The van der Waals surface area contributed by atoms with Crippen LogP contribution in [0.5, 0.6) is 5.75 Å². The van der Waals surface area contributed by atoms with Crippen molar-refractivity contribution in [1.82, 2.24) is 0 Å². The molecule has 0 aliphatic rings. The maximum atomic E-state index is 9.75. The van der Waals surface area contributed by atoms with Crippen LogP contribution in [0.1, 0.15) is 18.4 Å². The zero-order valence-electron chi connectivity index (χ0n) is 12.1. The van der Waals surface area contributed by atoms with E-state index in [9.17, 15) is 10.2 Å². The first-order valence-corrected chi connectivity index (χ1v) is 7.26. The molecule has 0 aliphatic carbocycles. The van der Waals surface area contributed by atoms with Gasteiger partial charge in [-0.15, -0.1) is 0 Å². The fourth-order valence-electron chi connectivity index (χ4n) is 2.44. The van der Waals surface area contributed by atoms with Crippen molar-refractivity contribution in [2.45, 2.75) is 18.3 Å². The van der Waals surface area contributed by atoms with Gasteiger partial charge in [-0.25, -0.2) is 0 Å². The summed E-state index contributed by atoms with van der Waals surface area (Å²) in [6.45, 7) is 0.427. The number of hydrogen-bond acceptors (Lipinski definition) is 3. The van der Waals surface area contributed by atoms with Crippen LogP contribution in [0.15, 0.2) is 60.7 Å². The third-order valence-electron chi connectivity index (χ3n) is 3.80. The van der Waals surface area contributed by atoms with Crippen LogP contribution in [-0.4, -0.2) is 30.0 Å². The van der Waals surface area contributed by atoms with E-state index in [0.717, 1.165) is 17.7 Å². The summed E-state index contributed by atoms with van der Waals surface area (Å²) in [5, 5.41) is 19.5. The highest BCUT2D eigenvalue weighted by Gasteiger charge is 2.30. The third-order valence-corrected chi connectivity index (χ3v) is 3.80. The fraction of sp³-hybridized carbons (Fsp3) is 0.333. The number of hydrogen-bond donors (Lipinski definition) is 2. The second-order valence-corrected chi connectivity index (χ2v) is 5.23. The van der Waals surface area contributed by atoms with Gasteiger partial charge < -0.3 is 14.9 Å². The maximum absolute atomic E-state index is 9.75. The Labute approximate surface area is 125 Å². The van der Waals surface area contributed by atoms with Gasteiger partial charge in [0, 0.05) is 5.41 Å². The first kappa shape index (κ1) is 15.5. The molecule has 2 aromatic carbocycles. The topological polar surface area (TPSA) is 49.7 Å². The lowest BCUT2D eigenvalue weighted by Gasteiger charge is -2.30. The molecule has 3 heteroatoms. The van der Waals surface area contributed by atoms with Gasteiger partial charge in [0.1, 0.15) is 5.75 Å². The van der Waals surface area contributed by atoms with E-state index in [-0.39, 0.29) is 13.2 Å². The molecule has 0 saturated carbocycles. The van der Waals surface area contributed by atoms with Gasteiger partial charge in [-0.3, -0.25) is 0 Å². The van der Waals surface area contributed by atoms with E-state index >= 15 is 0 Å². The Morgan fingerprint density at radius 3 is 1.95 bits per heavy atom. The highest BCUT2D eigenvalue weighted by Crippen LogP contribution is 2.28. The quantitative estimate of drug-likeness (QED) is 0.734. The molecule has 21 heavy (non-hydrogen) atoms. The standard InChI is InChI=1S/C18H22O3/c19-14-18(15-20,16-8-3-1-4-9-16)12-7-13-21-17-10-5-2-6-11-17/h1-6,8-11,19-20H,7,12-15H2. The van der Waals surface area contributed by atoms with Gasteiger partial charge >= 0.3 is 0 Å². The number of rotatable bonds is 8. The van der Waals surface area contributed by atoms with E-state index in [1.807, 2.05) is 60.7 Å². The summed E-state index contributed by atoms with van der Waals surface area (Å²) >= 11 is 0. The number of para-hydroxylation sites is 1. The molecule has 0 atom stereocenters. The average molecular weight is 286 g/mol. The van der Waals surface area contributed by atoms with Crippen molar-refractivity contribution in [2.75, 3.05) is 19.8 Å². The summed E-state index contributed by atoms with van der Waals surface area (Å²) in [7, 11) is 0. The van der Waals surface area contributed by atoms with Crippen LogP contribution in [0.25, 0.3) is 0 Å². The molecule has 0 aromatic heterocycles. The Bertz CT molecular complexity index is 507. The third kappa shape index (κ3) is 4.06. The van der Waals surface area contributed by atoms with E-state index < -0.39 is 5.41 Å². The predicted molar refractivity (Wildman–Crippen MR) is 83.5 cm³/mol. The molecule has 0 amide bonds. The summed E-state index contributed by atoms with van der Waals surface area (Å²) in [6.07, 6.45) is 1.45. The van der Waals surface area contributed by atoms with Crippen molar-refractivity contribution in [3.05, 3.63) is 66.2 Å². The minimum Gasteiger partial charge on any atom is -0.494 e. The summed E-state index contributed by atoms with van der Waals surface area (Å²) in [4.78, 5) is 0. The van der Waals surface area contributed by atoms with Gasteiger partial charge in [0.15, 0.2) is 0 Å². The van der Waals surface area contributed by atoms with Crippen molar-refractivity contribution >= 4 is 0 Å². The fourth-order valence-corrected chi connectivity index (χ4v) is 2.44. The van der Waals surface area contributed by atoms with Crippen molar-refractivity contribution in [3.8, 4) is 5.75 Å². The second kappa shape index (κ2) is 7.81. The molecule has 0 radical (unpaired) electrons. The molecular formula is C18H22O3. The Kier molecular flexibility index (Phi) is 5.78. The maximum Gasteiger partial charge on any atom is 0.119 e. The first-order valence-electron chi connectivity index (χ1n) is 7.26. The molecule has 0 aliphatic heterocycles. The molecule has 112 valence electrons. The van der Waals surface area contributed by atoms with E-state index in [2.05, 4.69) is 0 Å². The highest BCUT2D eigenvalue weighted by atomic mass is 16.5. The van der Waals surface area contributed by atoms with Crippen LogP contribution in [0.2, 0.25) is 0 Å². The number of aliphatic hydroxyl groups is 2. The SMILES string of the molecule is OCC(CO)(CCCOc1ccccc1)c1ccccc1. The van der Waals surface area contributed by atoms with E-state index in [1.54, 1.807) is 0 Å². The molecular weight excluding hydrogens is 264 g/mol. The highest BCUT2D eigenvalue weighted by molar-refractivity contribution is 5.26. The van der Waals surface area contributed by atoms with Crippen molar-refractivity contribution in [2.24, 2.45) is 0 Å². The van der Waals surface area contributed by atoms with Gasteiger partial charge in [0.05, 0.1) is 19.8 Å². The number of benzene rings is 2. The molecule has 0 heterocycles. The number of ether oxygens (including phenoxy) is 1. The van der Waals surface area contributed by atoms with Gasteiger partial charge in [-0.1, -0.05) is 48.5 Å². The molecule has 0 fully saturated rings. The number of aliphatic hydroxyl groups excluding tert-OH is 2. The van der Waals surface area contributed by atoms with Crippen LogP contribution in [-0.2, 0) is 5.41 Å². The first-order chi connectivity index (χ1) is 10.3. The van der Waals surface area contributed by atoms with Crippen LogP contribution >= 0.6 is 0 Å². The molecule has 3 nitrogen and oxygen atoms in total. The van der Waals surface area contributed by atoms with E-state index in [1.165, 1.54) is 0 Å². The lowest BCUT2D eigenvalue weighted by Crippen LogP contribution is -2.35. The summed E-state index contributed by atoms with van der Waals surface area (Å²) < 4.78 is 5.66. The Morgan fingerprint density at radius 2 is 1.38 bits per heavy atom. The van der Waals surface area contributed by atoms with Crippen molar-refractivity contribution in [1.29, 1.82) is 0 Å². The van der Waals surface area contributed by atoms with Gasteiger partial charge in [0.25, 0.3) is 0 Å². The molecule has 2 rings (SSSR count). The van der Waals surface area contributed by atoms with Gasteiger partial charge in [-0.2, -0.15) is 0 Å².